The van der Waals surface area contributed by atoms with Crippen LogP contribution in [0, 0.1) is 0 Å². The molecule has 2 rings (SSSR count). The van der Waals surface area contributed by atoms with E-state index in [0.717, 1.165) is 17.9 Å². The summed E-state index contributed by atoms with van der Waals surface area (Å²) in [5.74, 6) is 1.07. The van der Waals surface area contributed by atoms with Gasteiger partial charge in [-0.3, -0.25) is 4.68 Å². The molecule has 0 aliphatic carbocycles. The molecule has 0 saturated heterocycles. The second-order valence-electron chi connectivity index (χ2n) is 4.85. The van der Waals surface area contributed by atoms with E-state index in [1.165, 1.54) is 6.33 Å². The van der Waals surface area contributed by atoms with Crippen LogP contribution in [0.5, 0.6) is 0 Å². The first-order valence-electron chi connectivity index (χ1n) is 6.32. The normalized spacial score (nSPS) is 12.7. The third kappa shape index (κ3) is 3.44. The van der Waals surface area contributed by atoms with Gasteiger partial charge in [-0.2, -0.15) is 5.10 Å². The zero-order chi connectivity index (χ0) is 13.8. The first-order chi connectivity index (χ1) is 9.08. The van der Waals surface area contributed by atoms with Crippen molar-refractivity contribution in [1.82, 2.24) is 19.7 Å². The van der Waals surface area contributed by atoms with E-state index in [1.54, 1.807) is 6.20 Å². The first-order valence-corrected chi connectivity index (χ1v) is 6.70. The predicted molar refractivity (Wildman–Crippen MR) is 76.4 cm³/mol. The Morgan fingerprint density at radius 1 is 1.32 bits per heavy atom. The molecular formula is C13H18ClN5. The smallest absolute Gasteiger partial charge is 0.138 e. The van der Waals surface area contributed by atoms with Crippen molar-refractivity contribution in [2.75, 3.05) is 5.32 Å². The van der Waals surface area contributed by atoms with E-state index in [2.05, 4.69) is 41.2 Å². The Hall–Kier alpha value is -1.62. The molecule has 1 N–H and O–H groups in total. The molecule has 5 nitrogen and oxygen atoms in total. The summed E-state index contributed by atoms with van der Waals surface area (Å²) in [6.07, 6.45) is 5.19. The van der Waals surface area contributed by atoms with Crippen molar-refractivity contribution >= 4 is 17.4 Å². The van der Waals surface area contributed by atoms with Gasteiger partial charge in [0, 0.05) is 24.0 Å². The van der Waals surface area contributed by atoms with Gasteiger partial charge in [0.15, 0.2) is 0 Å². The van der Waals surface area contributed by atoms with E-state index in [9.17, 15) is 0 Å². The summed E-state index contributed by atoms with van der Waals surface area (Å²) in [6, 6.07) is 2.11. The number of halogens is 1. The van der Waals surface area contributed by atoms with Gasteiger partial charge in [0.2, 0.25) is 0 Å². The highest BCUT2D eigenvalue weighted by molar-refractivity contribution is 6.30. The van der Waals surface area contributed by atoms with Gasteiger partial charge >= 0.3 is 0 Å². The number of aromatic nitrogens is 4. The molecule has 2 aromatic heterocycles. The van der Waals surface area contributed by atoms with E-state index >= 15 is 0 Å². The average molecular weight is 280 g/mol. The van der Waals surface area contributed by atoms with Crippen LogP contribution >= 0.6 is 11.6 Å². The Kier molecular flexibility index (Phi) is 4.37. The van der Waals surface area contributed by atoms with Crippen molar-refractivity contribution in [2.24, 2.45) is 0 Å². The second kappa shape index (κ2) is 6.02. The summed E-state index contributed by atoms with van der Waals surface area (Å²) in [5.41, 5.74) is 0.955. The van der Waals surface area contributed by atoms with Crippen LogP contribution in [0.25, 0.3) is 0 Å². The van der Waals surface area contributed by atoms with Gasteiger partial charge in [0.1, 0.15) is 17.3 Å². The van der Waals surface area contributed by atoms with Crippen LogP contribution in [0.1, 0.15) is 32.3 Å². The highest BCUT2D eigenvalue weighted by Crippen LogP contribution is 2.28. The molecule has 0 amide bonds. The maximum absolute atomic E-state index is 6.14. The topological polar surface area (TPSA) is 55.6 Å². The highest BCUT2D eigenvalue weighted by atomic mass is 35.5. The lowest BCUT2D eigenvalue weighted by Gasteiger charge is -2.19. The molecule has 2 heterocycles. The number of hydrogen-bond donors (Lipinski definition) is 1. The van der Waals surface area contributed by atoms with E-state index in [-0.39, 0.29) is 12.0 Å². The van der Waals surface area contributed by atoms with Gasteiger partial charge in [-0.05, 0) is 18.9 Å². The lowest BCUT2D eigenvalue weighted by Crippen LogP contribution is -2.24. The minimum Gasteiger partial charge on any atom is -0.365 e. The van der Waals surface area contributed by atoms with Crippen molar-refractivity contribution in [3.8, 4) is 0 Å². The fourth-order valence-corrected chi connectivity index (χ4v) is 2.32. The van der Waals surface area contributed by atoms with E-state index in [4.69, 9.17) is 11.6 Å². The van der Waals surface area contributed by atoms with Crippen LogP contribution in [-0.2, 0) is 6.54 Å². The van der Waals surface area contributed by atoms with Crippen LogP contribution in [0.2, 0.25) is 5.15 Å². The van der Waals surface area contributed by atoms with E-state index in [1.807, 2.05) is 16.9 Å². The number of nitrogens with one attached hydrogen (secondary N) is 1. The van der Waals surface area contributed by atoms with Crippen LogP contribution in [-0.4, -0.2) is 25.8 Å². The number of anilines is 1. The zero-order valence-electron chi connectivity index (χ0n) is 11.3. The quantitative estimate of drug-likeness (QED) is 0.855. The fraction of sp³-hybridized carbons (Fsp3) is 0.462. The largest absolute Gasteiger partial charge is 0.365 e. The van der Waals surface area contributed by atoms with Crippen molar-refractivity contribution in [3.05, 3.63) is 35.5 Å². The number of rotatable bonds is 5. The summed E-state index contributed by atoms with van der Waals surface area (Å²) >= 11 is 6.14. The molecule has 0 bridgehead atoms. The molecule has 0 saturated carbocycles. The molecule has 0 fully saturated rings. The van der Waals surface area contributed by atoms with E-state index < -0.39 is 0 Å². The molecule has 102 valence electrons. The maximum Gasteiger partial charge on any atom is 0.138 e. The SMILES string of the molecule is CC(Cn1cccn1)Nc1ncnc(Cl)c1C(C)C. The minimum absolute atomic E-state index is 0.198. The molecule has 1 atom stereocenters. The van der Waals surface area contributed by atoms with Crippen molar-refractivity contribution in [3.63, 3.8) is 0 Å². The summed E-state index contributed by atoms with van der Waals surface area (Å²) in [4.78, 5) is 8.33. The number of hydrogen-bond acceptors (Lipinski definition) is 4. The molecule has 0 aliphatic rings. The van der Waals surface area contributed by atoms with Gasteiger partial charge in [-0.15, -0.1) is 0 Å². The Labute approximate surface area is 118 Å². The maximum atomic E-state index is 6.14. The molecule has 1 unspecified atom stereocenters. The Balaban J connectivity index is 2.12. The van der Waals surface area contributed by atoms with Crippen LogP contribution in [0.15, 0.2) is 24.8 Å². The molecule has 0 radical (unpaired) electrons. The molecule has 0 aromatic carbocycles. The molecular weight excluding hydrogens is 262 g/mol. The average Bonchev–Trinajstić information content (AvgIpc) is 2.81. The van der Waals surface area contributed by atoms with Crippen molar-refractivity contribution in [2.45, 2.75) is 39.3 Å². The predicted octanol–water partition coefficient (Wildman–Crippen LogP) is 2.95. The van der Waals surface area contributed by atoms with Gasteiger partial charge < -0.3 is 5.32 Å². The highest BCUT2D eigenvalue weighted by Gasteiger charge is 2.15. The van der Waals surface area contributed by atoms with Crippen molar-refractivity contribution < 1.29 is 0 Å². The zero-order valence-corrected chi connectivity index (χ0v) is 12.1. The second-order valence-corrected chi connectivity index (χ2v) is 5.21. The summed E-state index contributed by atoms with van der Waals surface area (Å²) in [6.45, 7) is 7.01. The molecule has 6 heteroatoms. The fourth-order valence-electron chi connectivity index (χ4n) is 1.97. The molecule has 0 aliphatic heterocycles. The lowest BCUT2D eigenvalue weighted by atomic mass is 10.1. The summed E-state index contributed by atoms with van der Waals surface area (Å²) in [7, 11) is 0. The van der Waals surface area contributed by atoms with E-state index in [0.29, 0.717) is 5.15 Å². The third-order valence-electron chi connectivity index (χ3n) is 2.82. The third-order valence-corrected chi connectivity index (χ3v) is 3.12. The monoisotopic (exact) mass is 279 g/mol. The first kappa shape index (κ1) is 13.8. The van der Waals surface area contributed by atoms with Gasteiger partial charge in [-0.25, -0.2) is 9.97 Å². The van der Waals surface area contributed by atoms with Gasteiger partial charge in [0.05, 0.1) is 6.54 Å². The Bertz CT molecular complexity index is 524. The Morgan fingerprint density at radius 2 is 2.11 bits per heavy atom. The standard InChI is InChI=1S/C13H18ClN5/c1-9(2)11-12(14)15-8-16-13(11)18-10(3)7-19-6-4-5-17-19/h4-6,8-10H,7H2,1-3H3,(H,15,16,18). The molecule has 2 aromatic rings. The number of nitrogens with zero attached hydrogens (tertiary/aromatic N) is 4. The summed E-state index contributed by atoms with van der Waals surface area (Å²) in [5, 5.41) is 8.08. The van der Waals surface area contributed by atoms with Crippen LogP contribution < -0.4 is 5.32 Å². The minimum atomic E-state index is 0.198. The summed E-state index contributed by atoms with van der Waals surface area (Å²) < 4.78 is 1.88. The van der Waals surface area contributed by atoms with Gasteiger partial charge in [0.25, 0.3) is 0 Å². The van der Waals surface area contributed by atoms with Crippen molar-refractivity contribution in [1.29, 1.82) is 0 Å². The van der Waals surface area contributed by atoms with Gasteiger partial charge in [-0.1, -0.05) is 25.4 Å². The lowest BCUT2D eigenvalue weighted by molar-refractivity contribution is 0.559. The van der Waals surface area contributed by atoms with Crippen LogP contribution in [0.3, 0.4) is 0 Å². The van der Waals surface area contributed by atoms with Crippen LogP contribution in [0.4, 0.5) is 5.82 Å². The Morgan fingerprint density at radius 3 is 2.74 bits per heavy atom. The molecule has 0 spiro atoms. The molecule has 19 heavy (non-hydrogen) atoms.